The van der Waals surface area contributed by atoms with Crippen molar-refractivity contribution in [2.75, 3.05) is 26.9 Å². The third kappa shape index (κ3) is 3.88. The Morgan fingerprint density at radius 1 is 1.29 bits per heavy atom. The topological polar surface area (TPSA) is 64.8 Å². The van der Waals surface area contributed by atoms with Gasteiger partial charge in [-0.05, 0) is 31.4 Å². The minimum absolute atomic E-state index is 0.0687. The van der Waals surface area contributed by atoms with Crippen molar-refractivity contribution in [2.45, 2.75) is 37.9 Å². The lowest BCUT2D eigenvalue weighted by molar-refractivity contribution is 0.0206. The molecule has 1 aliphatic carbocycles. The summed E-state index contributed by atoms with van der Waals surface area (Å²) in [5, 5.41) is 0. The Balaban J connectivity index is 2.18. The molecule has 2 atom stereocenters. The molecule has 5 heteroatoms. The van der Waals surface area contributed by atoms with Crippen LogP contribution in [-0.2, 0) is 4.74 Å². The zero-order valence-electron chi connectivity index (χ0n) is 13.0. The molecule has 1 amide bonds. The second-order valence-electron chi connectivity index (χ2n) is 5.72. The Kier molecular flexibility index (Phi) is 5.07. The monoisotopic (exact) mass is 292 g/mol. The van der Waals surface area contributed by atoms with E-state index < -0.39 is 0 Å². The number of hydrogen-bond donors (Lipinski definition) is 1. The maximum atomic E-state index is 12.2. The van der Waals surface area contributed by atoms with Crippen LogP contribution in [0.1, 0.15) is 36.0 Å². The summed E-state index contributed by atoms with van der Waals surface area (Å²) in [4.78, 5) is 13.8. The van der Waals surface area contributed by atoms with Gasteiger partial charge in [0.2, 0.25) is 0 Å². The number of benzene rings is 1. The van der Waals surface area contributed by atoms with Crippen LogP contribution in [0.25, 0.3) is 0 Å². The molecule has 1 saturated carbocycles. The van der Waals surface area contributed by atoms with Crippen LogP contribution in [0.5, 0.6) is 5.75 Å². The van der Waals surface area contributed by atoms with Gasteiger partial charge in [-0.1, -0.05) is 0 Å². The van der Waals surface area contributed by atoms with Crippen LogP contribution in [0.3, 0.4) is 0 Å². The van der Waals surface area contributed by atoms with Crippen molar-refractivity contribution in [2.24, 2.45) is 0 Å². The standard InChI is InChI=1S/C16H24N2O3/c1-18(2)16(19)14-8-7-11(17)9-15(14)21-13-6-4-5-12(10-13)20-3/h7-9,12-13H,4-6,10,17H2,1-3H3. The molecule has 0 heterocycles. The van der Waals surface area contributed by atoms with E-state index in [-0.39, 0.29) is 18.1 Å². The van der Waals surface area contributed by atoms with Crippen LogP contribution in [0.15, 0.2) is 18.2 Å². The molecule has 5 nitrogen and oxygen atoms in total. The van der Waals surface area contributed by atoms with Crippen molar-refractivity contribution in [3.05, 3.63) is 23.8 Å². The largest absolute Gasteiger partial charge is 0.489 e. The van der Waals surface area contributed by atoms with E-state index in [1.807, 2.05) is 0 Å². The molecule has 0 spiro atoms. The molecular weight excluding hydrogens is 268 g/mol. The fourth-order valence-electron chi connectivity index (χ4n) is 2.66. The summed E-state index contributed by atoms with van der Waals surface area (Å²) in [5.74, 6) is 0.486. The Labute approximate surface area is 126 Å². The molecule has 1 aromatic carbocycles. The molecule has 1 aliphatic rings. The van der Waals surface area contributed by atoms with E-state index in [0.717, 1.165) is 25.7 Å². The molecule has 0 aliphatic heterocycles. The zero-order valence-corrected chi connectivity index (χ0v) is 13.0. The highest BCUT2D eigenvalue weighted by atomic mass is 16.5. The van der Waals surface area contributed by atoms with Gasteiger partial charge in [-0.25, -0.2) is 0 Å². The molecule has 2 unspecified atom stereocenters. The van der Waals surface area contributed by atoms with Crippen LogP contribution >= 0.6 is 0 Å². The summed E-state index contributed by atoms with van der Waals surface area (Å²) >= 11 is 0. The average molecular weight is 292 g/mol. The summed E-state index contributed by atoms with van der Waals surface area (Å²) in [6, 6.07) is 5.18. The highest BCUT2D eigenvalue weighted by molar-refractivity contribution is 5.97. The van der Waals surface area contributed by atoms with Gasteiger partial charge in [0.1, 0.15) is 11.9 Å². The third-order valence-corrected chi connectivity index (χ3v) is 3.85. The molecule has 0 aromatic heterocycles. The fourth-order valence-corrected chi connectivity index (χ4v) is 2.66. The summed E-state index contributed by atoms with van der Waals surface area (Å²) in [6.45, 7) is 0. The number of carbonyl (C=O) groups is 1. The van der Waals surface area contributed by atoms with Gasteiger partial charge in [0.15, 0.2) is 0 Å². The molecule has 116 valence electrons. The Morgan fingerprint density at radius 3 is 2.67 bits per heavy atom. The highest BCUT2D eigenvalue weighted by Gasteiger charge is 2.25. The number of amides is 1. The first-order valence-corrected chi connectivity index (χ1v) is 7.32. The Hall–Kier alpha value is -1.75. The SMILES string of the molecule is COC1CCCC(Oc2cc(N)ccc2C(=O)N(C)C)C1. The average Bonchev–Trinajstić information content (AvgIpc) is 2.47. The normalized spacial score (nSPS) is 21.9. The predicted molar refractivity (Wildman–Crippen MR) is 82.6 cm³/mol. The van der Waals surface area contributed by atoms with E-state index in [1.165, 1.54) is 4.90 Å². The number of hydrogen-bond acceptors (Lipinski definition) is 4. The molecule has 1 aromatic rings. The van der Waals surface area contributed by atoms with Crippen LogP contribution in [-0.4, -0.2) is 44.2 Å². The lowest BCUT2D eigenvalue weighted by Crippen LogP contribution is -2.30. The van der Waals surface area contributed by atoms with E-state index in [9.17, 15) is 4.79 Å². The molecule has 21 heavy (non-hydrogen) atoms. The van der Waals surface area contributed by atoms with E-state index in [0.29, 0.717) is 17.0 Å². The van der Waals surface area contributed by atoms with Gasteiger partial charge in [0.25, 0.3) is 5.91 Å². The molecule has 0 saturated heterocycles. The minimum atomic E-state index is -0.0795. The number of methoxy groups -OCH3 is 1. The molecule has 1 fully saturated rings. The summed E-state index contributed by atoms with van der Waals surface area (Å²) in [6.07, 6.45) is 4.27. The Morgan fingerprint density at radius 2 is 2.00 bits per heavy atom. The quantitative estimate of drug-likeness (QED) is 0.865. The Bertz CT molecular complexity index is 502. The summed E-state index contributed by atoms with van der Waals surface area (Å²) < 4.78 is 11.5. The van der Waals surface area contributed by atoms with Gasteiger partial charge in [0.05, 0.1) is 11.7 Å². The summed E-state index contributed by atoms with van der Waals surface area (Å²) in [5.41, 5.74) is 6.98. The number of nitrogen functional groups attached to an aromatic ring is 1. The van der Waals surface area contributed by atoms with E-state index in [4.69, 9.17) is 15.2 Å². The molecule has 2 N–H and O–H groups in total. The lowest BCUT2D eigenvalue weighted by atomic mass is 9.95. The van der Waals surface area contributed by atoms with Gasteiger partial charge >= 0.3 is 0 Å². The minimum Gasteiger partial charge on any atom is -0.489 e. The molecule has 0 bridgehead atoms. The number of ether oxygens (including phenoxy) is 2. The maximum Gasteiger partial charge on any atom is 0.257 e. The van der Waals surface area contributed by atoms with Gasteiger partial charge in [-0.3, -0.25) is 4.79 Å². The maximum absolute atomic E-state index is 12.2. The van der Waals surface area contributed by atoms with Crippen LogP contribution in [0, 0.1) is 0 Å². The molecule has 0 radical (unpaired) electrons. The lowest BCUT2D eigenvalue weighted by Gasteiger charge is -2.29. The number of anilines is 1. The van der Waals surface area contributed by atoms with Crippen molar-refractivity contribution < 1.29 is 14.3 Å². The van der Waals surface area contributed by atoms with Gasteiger partial charge in [0, 0.05) is 39.4 Å². The second-order valence-corrected chi connectivity index (χ2v) is 5.72. The first kappa shape index (κ1) is 15.6. The van der Waals surface area contributed by atoms with E-state index in [1.54, 1.807) is 39.4 Å². The third-order valence-electron chi connectivity index (χ3n) is 3.85. The summed E-state index contributed by atoms with van der Waals surface area (Å²) in [7, 11) is 5.18. The molecule has 2 rings (SSSR count). The second kappa shape index (κ2) is 6.80. The van der Waals surface area contributed by atoms with E-state index in [2.05, 4.69) is 0 Å². The smallest absolute Gasteiger partial charge is 0.257 e. The van der Waals surface area contributed by atoms with Crippen LogP contribution < -0.4 is 10.5 Å². The number of nitrogens with two attached hydrogens (primary N) is 1. The first-order chi connectivity index (χ1) is 10.0. The zero-order chi connectivity index (χ0) is 15.4. The van der Waals surface area contributed by atoms with Crippen molar-refractivity contribution in [1.82, 2.24) is 4.90 Å². The first-order valence-electron chi connectivity index (χ1n) is 7.32. The number of rotatable bonds is 4. The van der Waals surface area contributed by atoms with E-state index >= 15 is 0 Å². The predicted octanol–water partition coefficient (Wildman–Crippen LogP) is 2.31. The number of carbonyl (C=O) groups excluding carboxylic acids is 1. The van der Waals surface area contributed by atoms with Gasteiger partial charge in [-0.15, -0.1) is 0 Å². The van der Waals surface area contributed by atoms with Crippen LogP contribution in [0.4, 0.5) is 5.69 Å². The van der Waals surface area contributed by atoms with Crippen molar-refractivity contribution in [1.29, 1.82) is 0 Å². The van der Waals surface area contributed by atoms with Crippen molar-refractivity contribution >= 4 is 11.6 Å². The van der Waals surface area contributed by atoms with Gasteiger partial charge in [-0.2, -0.15) is 0 Å². The van der Waals surface area contributed by atoms with Crippen molar-refractivity contribution in [3.8, 4) is 5.75 Å². The number of nitrogens with zero attached hydrogens (tertiary/aromatic N) is 1. The molecular formula is C16H24N2O3. The van der Waals surface area contributed by atoms with Crippen LogP contribution in [0.2, 0.25) is 0 Å². The fraction of sp³-hybridized carbons (Fsp3) is 0.562. The highest BCUT2D eigenvalue weighted by Crippen LogP contribution is 2.29. The van der Waals surface area contributed by atoms with Crippen molar-refractivity contribution in [3.63, 3.8) is 0 Å². The van der Waals surface area contributed by atoms with Gasteiger partial charge < -0.3 is 20.1 Å².